The summed E-state index contributed by atoms with van der Waals surface area (Å²) in [7, 11) is 0. The number of fused-ring (bicyclic) bond motifs is 1. The number of hydrogen-bond acceptors (Lipinski definition) is 1. The third kappa shape index (κ3) is 0.936. The van der Waals surface area contributed by atoms with Crippen LogP contribution in [-0.2, 0) is 0 Å². The molecule has 0 radical (unpaired) electrons. The minimum atomic E-state index is 0.825. The lowest BCUT2D eigenvalue weighted by atomic mass is 10.0. The Morgan fingerprint density at radius 3 is 2.18 bits per heavy atom. The third-order valence-electron chi connectivity index (χ3n) is 3.95. The summed E-state index contributed by atoms with van der Waals surface area (Å²) in [5, 5.41) is 3.78. The molecule has 0 aromatic heterocycles. The monoisotopic (exact) mass is 151 g/mol. The molecule has 3 rings (SSSR count). The van der Waals surface area contributed by atoms with E-state index in [1.165, 1.54) is 25.7 Å². The second-order valence-electron chi connectivity index (χ2n) is 4.72. The van der Waals surface area contributed by atoms with Crippen molar-refractivity contribution in [2.24, 2.45) is 17.8 Å². The number of hydrogen-bond donors (Lipinski definition) is 1. The standard InChI is InChI=1S/C10H17N/c1-6(7-2-3-7)11-10-8-4-5-9(8)10/h6-11H,2-5H2,1H3. The summed E-state index contributed by atoms with van der Waals surface area (Å²) >= 11 is 0. The van der Waals surface area contributed by atoms with Gasteiger partial charge in [0.15, 0.2) is 0 Å². The molecule has 0 aliphatic heterocycles. The third-order valence-corrected chi connectivity index (χ3v) is 3.95. The van der Waals surface area contributed by atoms with Crippen LogP contribution >= 0.6 is 0 Å². The average molecular weight is 151 g/mol. The SMILES string of the molecule is CC(NC1C2CCC21)C1CC1. The van der Waals surface area contributed by atoms with Gasteiger partial charge in [-0.05, 0) is 50.4 Å². The van der Waals surface area contributed by atoms with Crippen LogP contribution < -0.4 is 5.32 Å². The molecule has 3 fully saturated rings. The Hall–Kier alpha value is -0.0400. The molecule has 1 heteroatoms. The van der Waals surface area contributed by atoms with Crippen molar-refractivity contribution in [3.63, 3.8) is 0 Å². The van der Waals surface area contributed by atoms with Gasteiger partial charge in [-0.3, -0.25) is 0 Å². The van der Waals surface area contributed by atoms with Gasteiger partial charge in [-0.2, -0.15) is 0 Å². The zero-order valence-electron chi connectivity index (χ0n) is 7.22. The Labute approximate surface area is 68.6 Å². The maximum atomic E-state index is 3.78. The second kappa shape index (κ2) is 2.01. The van der Waals surface area contributed by atoms with Gasteiger partial charge in [0, 0.05) is 12.1 Å². The molecule has 11 heavy (non-hydrogen) atoms. The van der Waals surface area contributed by atoms with Crippen molar-refractivity contribution >= 4 is 0 Å². The topological polar surface area (TPSA) is 12.0 Å². The maximum absolute atomic E-state index is 3.78. The van der Waals surface area contributed by atoms with E-state index in [2.05, 4.69) is 12.2 Å². The van der Waals surface area contributed by atoms with Crippen LogP contribution in [0.3, 0.4) is 0 Å². The van der Waals surface area contributed by atoms with E-state index in [-0.39, 0.29) is 0 Å². The molecule has 3 unspecified atom stereocenters. The van der Waals surface area contributed by atoms with Crippen molar-refractivity contribution in [1.29, 1.82) is 0 Å². The van der Waals surface area contributed by atoms with Crippen molar-refractivity contribution in [1.82, 2.24) is 5.32 Å². The lowest BCUT2D eigenvalue weighted by molar-refractivity contribution is 0.468. The first-order valence-electron chi connectivity index (χ1n) is 5.12. The van der Waals surface area contributed by atoms with E-state index < -0.39 is 0 Å². The normalized spacial score (nSPS) is 49.4. The van der Waals surface area contributed by atoms with Crippen LogP contribution in [0.5, 0.6) is 0 Å². The Balaban J connectivity index is 1.50. The van der Waals surface area contributed by atoms with E-state index in [1.807, 2.05) is 0 Å². The average Bonchev–Trinajstić information content (AvgIpc) is 2.69. The molecule has 0 bridgehead atoms. The summed E-state index contributed by atoms with van der Waals surface area (Å²) in [5.41, 5.74) is 0. The van der Waals surface area contributed by atoms with Gasteiger partial charge in [0.1, 0.15) is 0 Å². The summed E-state index contributed by atoms with van der Waals surface area (Å²) in [6, 6.07) is 1.77. The van der Waals surface area contributed by atoms with E-state index >= 15 is 0 Å². The van der Waals surface area contributed by atoms with Crippen LogP contribution in [0.25, 0.3) is 0 Å². The van der Waals surface area contributed by atoms with Crippen LogP contribution in [0.2, 0.25) is 0 Å². The number of nitrogens with one attached hydrogen (secondary N) is 1. The van der Waals surface area contributed by atoms with Crippen molar-refractivity contribution in [3.05, 3.63) is 0 Å². The highest BCUT2D eigenvalue weighted by Crippen LogP contribution is 2.56. The van der Waals surface area contributed by atoms with E-state index in [9.17, 15) is 0 Å². The molecule has 0 heterocycles. The minimum Gasteiger partial charge on any atom is -0.311 e. The van der Waals surface area contributed by atoms with Crippen LogP contribution in [0.15, 0.2) is 0 Å². The van der Waals surface area contributed by atoms with Gasteiger partial charge in [-0.25, -0.2) is 0 Å². The molecular weight excluding hydrogens is 134 g/mol. The minimum absolute atomic E-state index is 0.825. The lowest BCUT2D eigenvalue weighted by Gasteiger charge is -2.11. The summed E-state index contributed by atoms with van der Waals surface area (Å²) < 4.78 is 0. The van der Waals surface area contributed by atoms with Crippen molar-refractivity contribution in [2.45, 2.75) is 44.7 Å². The first-order chi connectivity index (χ1) is 5.36. The lowest BCUT2D eigenvalue weighted by Crippen LogP contribution is -2.30. The highest BCUT2D eigenvalue weighted by Gasteiger charge is 2.56. The van der Waals surface area contributed by atoms with Crippen molar-refractivity contribution in [2.75, 3.05) is 0 Å². The van der Waals surface area contributed by atoms with Crippen molar-refractivity contribution < 1.29 is 0 Å². The highest BCUT2D eigenvalue weighted by atomic mass is 15.0. The molecular formula is C10H17N. The fourth-order valence-corrected chi connectivity index (χ4v) is 2.64. The Morgan fingerprint density at radius 2 is 1.73 bits per heavy atom. The molecule has 3 saturated carbocycles. The first-order valence-corrected chi connectivity index (χ1v) is 5.12. The van der Waals surface area contributed by atoms with Crippen LogP contribution in [0, 0.1) is 17.8 Å². The zero-order valence-corrected chi connectivity index (χ0v) is 7.22. The molecule has 3 aliphatic rings. The van der Waals surface area contributed by atoms with Gasteiger partial charge in [0.2, 0.25) is 0 Å². The molecule has 1 nitrogen and oxygen atoms in total. The predicted octanol–water partition coefficient (Wildman–Crippen LogP) is 1.78. The molecule has 62 valence electrons. The maximum Gasteiger partial charge on any atom is 0.0133 e. The van der Waals surface area contributed by atoms with Crippen LogP contribution in [0.1, 0.15) is 32.6 Å². The molecule has 3 atom stereocenters. The van der Waals surface area contributed by atoms with Crippen molar-refractivity contribution in [3.8, 4) is 0 Å². The summed E-state index contributed by atoms with van der Waals surface area (Å²) in [6.45, 7) is 2.37. The Kier molecular flexibility index (Phi) is 1.18. The van der Waals surface area contributed by atoms with Gasteiger partial charge >= 0.3 is 0 Å². The van der Waals surface area contributed by atoms with Gasteiger partial charge in [0.25, 0.3) is 0 Å². The largest absolute Gasteiger partial charge is 0.311 e. The van der Waals surface area contributed by atoms with Gasteiger partial charge in [-0.1, -0.05) is 0 Å². The van der Waals surface area contributed by atoms with E-state index in [1.54, 1.807) is 0 Å². The summed E-state index contributed by atoms with van der Waals surface area (Å²) in [5.74, 6) is 3.25. The molecule has 0 aromatic carbocycles. The van der Waals surface area contributed by atoms with Crippen LogP contribution in [0.4, 0.5) is 0 Å². The first kappa shape index (κ1) is 6.47. The Bertz CT molecular complexity index is 161. The quantitative estimate of drug-likeness (QED) is 0.648. The fourth-order valence-electron chi connectivity index (χ4n) is 2.64. The Morgan fingerprint density at radius 1 is 1.09 bits per heavy atom. The molecule has 0 saturated heterocycles. The van der Waals surface area contributed by atoms with Gasteiger partial charge < -0.3 is 5.32 Å². The number of rotatable bonds is 3. The summed E-state index contributed by atoms with van der Waals surface area (Å²) in [4.78, 5) is 0. The molecule has 3 aliphatic carbocycles. The van der Waals surface area contributed by atoms with Gasteiger partial charge in [0.05, 0.1) is 0 Å². The predicted molar refractivity (Wildman–Crippen MR) is 45.3 cm³/mol. The molecule has 0 amide bonds. The van der Waals surface area contributed by atoms with E-state index in [0.29, 0.717) is 0 Å². The molecule has 1 N–H and O–H groups in total. The van der Waals surface area contributed by atoms with E-state index in [4.69, 9.17) is 0 Å². The second-order valence-corrected chi connectivity index (χ2v) is 4.72. The van der Waals surface area contributed by atoms with Gasteiger partial charge in [-0.15, -0.1) is 0 Å². The van der Waals surface area contributed by atoms with E-state index in [0.717, 1.165) is 29.8 Å². The smallest absolute Gasteiger partial charge is 0.0133 e. The molecule has 0 aromatic rings. The molecule has 0 spiro atoms. The summed E-state index contributed by atoms with van der Waals surface area (Å²) in [6.07, 6.45) is 5.99. The fraction of sp³-hybridized carbons (Fsp3) is 1.00. The highest BCUT2D eigenvalue weighted by molar-refractivity contribution is 5.11. The zero-order chi connectivity index (χ0) is 7.42. The van der Waals surface area contributed by atoms with Crippen LogP contribution in [-0.4, -0.2) is 12.1 Å².